The van der Waals surface area contributed by atoms with Crippen molar-refractivity contribution < 1.29 is 22.7 Å². The standard InChI is InChI=1S/C25H30ClN3O5S/c1-25(24(31)27-19-8-4-3-5-9-19)17-28(35(32,33)22-13-11-21(34-2)12-14-22)16-23(30)29(25)20-10-6-7-18(26)15-20/h6-7,10-15,19H,3-5,8-9,16-17H2,1-2H3,(H,27,31)/t25-/m0/s1. The number of rotatable bonds is 6. The number of benzene rings is 2. The predicted octanol–water partition coefficient (Wildman–Crippen LogP) is 3.59. The fourth-order valence-corrected chi connectivity index (χ4v) is 6.50. The van der Waals surface area contributed by atoms with E-state index in [1.807, 2.05) is 0 Å². The maximum atomic E-state index is 13.7. The molecule has 2 aromatic rings. The molecule has 2 aliphatic rings. The minimum absolute atomic E-state index is 0.00189. The number of sulfonamides is 1. The van der Waals surface area contributed by atoms with Gasteiger partial charge in [0.25, 0.3) is 0 Å². The SMILES string of the molecule is COc1ccc(S(=O)(=O)N2CC(=O)N(c3cccc(Cl)c3)[C@](C)(C(=O)NC3CCCCC3)C2)cc1. The third-order valence-corrected chi connectivity index (χ3v) is 8.77. The van der Waals surface area contributed by atoms with Gasteiger partial charge >= 0.3 is 0 Å². The number of methoxy groups -OCH3 is 1. The van der Waals surface area contributed by atoms with Gasteiger partial charge in [-0.1, -0.05) is 36.9 Å². The Kier molecular flexibility index (Phi) is 7.40. The van der Waals surface area contributed by atoms with E-state index >= 15 is 0 Å². The van der Waals surface area contributed by atoms with Crippen molar-refractivity contribution in [2.75, 3.05) is 25.1 Å². The summed E-state index contributed by atoms with van der Waals surface area (Å²) in [6, 6.07) is 12.6. The van der Waals surface area contributed by atoms with Crippen molar-refractivity contribution in [2.45, 2.75) is 55.5 Å². The molecule has 0 aromatic heterocycles. The molecule has 1 saturated heterocycles. The number of nitrogens with one attached hydrogen (secondary N) is 1. The van der Waals surface area contributed by atoms with E-state index in [-0.39, 0.29) is 23.4 Å². The molecule has 2 fully saturated rings. The second kappa shape index (κ2) is 10.2. The minimum atomic E-state index is -4.05. The van der Waals surface area contributed by atoms with Gasteiger partial charge in [-0.15, -0.1) is 0 Å². The number of amides is 2. The molecule has 10 heteroatoms. The summed E-state index contributed by atoms with van der Waals surface area (Å²) in [4.78, 5) is 28.6. The highest BCUT2D eigenvalue weighted by Crippen LogP contribution is 2.34. The van der Waals surface area contributed by atoms with Crippen molar-refractivity contribution in [1.29, 1.82) is 0 Å². The average molecular weight is 520 g/mol. The second-order valence-corrected chi connectivity index (χ2v) is 11.6. The van der Waals surface area contributed by atoms with Gasteiger partial charge in [-0.25, -0.2) is 8.42 Å². The first-order valence-corrected chi connectivity index (χ1v) is 13.5. The van der Waals surface area contributed by atoms with Gasteiger partial charge in [-0.05, 0) is 62.2 Å². The lowest BCUT2D eigenvalue weighted by Gasteiger charge is -2.47. The monoisotopic (exact) mass is 519 g/mol. The van der Waals surface area contributed by atoms with Gasteiger partial charge in [-0.3, -0.25) is 14.5 Å². The minimum Gasteiger partial charge on any atom is -0.497 e. The van der Waals surface area contributed by atoms with Crippen LogP contribution >= 0.6 is 11.6 Å². The van der Waals surface area contributed by atoms with E-state index in [0.717, 1.165) is 36.4 Å². The van der Waals surface area contributed by atoms with Crippen molar-refractivity contribution in [3.63, 3.8) is 0 Å². The molecule has 2 amide bonds. The smallest absolute Gasteiger partial charge is 0.247 e. The zero-order valence-electron chi connectivity index (χ0n) is 19.9. The summed E-state index contributed by atoms with van der Waals surface area (Å²) in [5.41, 5.74) is -1.03. The van der Waals surface area contributed by atoms with Crippen LogP contribution in [0.3, 0.4) is 0 Å². The number of carbonyl (C=O) groups excluding carboxylic acids is 2. The lowest BCUT2D eigenvalue weighted by atomic mass is 9.91. The molecule has 1 heterocycles. The first kappa shape index (κ1) is 25.5. The van der Waals surface area contributed by atoms with Crippen molar-refractivity contribution >= 4 is 39.1 Å². The van der Waals surface area contributed by atoms with Crippen LogP contribution in [0.4, 0.5) is 5.69 Å². The number of hydrogen-bond acceptors (Lipinski definition) is 5. The number of halogens is 1. The van der Waals surface area contributed by atoms with Gasteiger partial charge in [0.05, 0.1) is 18.6 Å². The third-order valence-electron chi connectivity index (χ3n) is 6.73. The van der Waals surface area contributed by atoms with Crippen molar-refractivity contribution in [2.24, 2.45) is 0 Å². The molecule has 8 nitrogen and oxygen atoms in total. The van der Waals surface area contributed by atoms with Gasteiger partial charge < -0.3 is 10.1 Å². The Morgan fingerprint density at radius 1 is 1.11 bits per heavy atom. The topological polar surface area (TPSA) is 96.0 Å². The highest BCUT2D eigenvalue weighted by Gasteiger charge is 2.51. The number of hydrogen-bond donors (Lipinski definition) is 1. The summed E-state index contributed by atoms with van der Waals surface area (Å²) in [5, 5.41) is 3.50. The van der Waals surface area contributed by atoms with E-state index in [4.69, 9.17) is 16.3 Å². The van der Waals surface area contributed by atoms with Crippen LogP contribution in [0, 0.1) is 0 Å². The Balaban J connectivity index is 1.71. The van der Waals surface area contributed by atoms with Crippen LogP contribution in [0.2, 0.25) is 5.02 Å². The number of ether oxygens (including phenoxy) is 1. The second-order valence-electron chi connectivity index (χ2n) is 9.24. The van der Waals surface area contributed by atoms with Gasteiger partial charge in [0, 0.05) is 23.3 Å². The Labute approximate surface area is 211 Å². The molecule has 0 bridgehead atoms. The average Bonchev–Trinajstić information content (AvgIpc) is 2.84. The molecule has 1 atom stereocenters. The number of nitrogens with zero attached hydrogens (tertiary/aromatic N) is 2. The quantitative estimate of drug-likeness (QED) is 0.629. The van der Waals surface area contributed by atoms with Gasteiger partial charge in [0.15, 0.2) is 0 Å². The first-order chi connectivity index (χ1) is 16.6. The molecule has 0 radical (unpaired) electrons. The molecule has 1 aliphatic heterocycles. The van der Waals surface area contributed by atoms with E-state index in [2.05, 4.69) is 5.32 Å². The van der Waals surface area contributed by atoms with Crippen molar-refractivity contribution in [1.82, 2.24) is 9.62 Å². The molecule has 1 saturated carbocycles. The lowest BCUT2D eigenvalue weighted by molar-refractivity contribution is -0.133. The Bertz CT molecular complexity index is 1200. The zero-order valence-corrected chi connectivity index (χ0v) is 21.4. The molecular weight excluding hydrogens is 490 g/mol. The number of piperazine rings is 1. The van der Waals surface area contributed by atoms with Crippen molar-refractivity contribution in [3.8, 4) is 5.75 Å². The van der Waals surface area contributed by atoms with Crippen LogP contribution in [0.1, 0.15) is 39.0 Å². The fourth-order valence-electron chi connectivity index (χ4n) is 4.84. The molecule has 0 spiro atoms. The molecular formula is C25H30ClN3O5S. The van der Waals surface area contributed by atoms with E-state index in [1.165, 1.54) is 24.1 Å². The number of carbonyl (C=O) groups is 2. The highest BCUT2D eigenvalue weighted by molar-refractivity contribution is 7.89. The van der Waals surface area contributed by atoms with Crippen LogP contribution in [0.15, 0.2) is 53.4 Å². The van der Waals surface area contributed by atoms with Crippen LogP contribution in [0.25, 0.3) is 0 Å². The summed E-state index contributed by atoms with van der Waals surface area (Å²) in [7, 11) is -2.55. The Morgan fingerprint density at radius 3 is 2.43 bits per heavy atom. The predicted molar refractivity (Wildman–Crippen MR) is 134 cm³/mol. The highest BCUT2D eigenvalue weighted by atomic mass is 35.5. The summed E-state index contributed by atoms with van der Waals surface area (Å²) < 4.78 is 33.2. The Morgan fingerprint density at radius 2 is 1.80 bits per heavy atom. The van der Waals surface area contributed by atoms with E-state index < -0.39 is 28.0 Å². The van der Waals surface area contributed by atoms with Crippen LogP contribution < -0.4 is 15.0 Å². The molecule has 1 N–H and O–H groups in total. The van der Waals surface area contributed by atoms with E-state index in [1.54, 1.807) is 43.3 Å². The summed E-state index contributed by atoms with van der Waals surface area (Å²) in [6.45, 7) is 1.02. The first-order valence-electron chi connectivity index (χ1n) is 11.7. The summed E-state index contributed by atoms with van der Waals surface area (Å²) >= 11 is 6.19. The molecule has 188 valence electrons. The Hall–Kier alpha value is -2.62. The lowest BCUT2D eigenvalue weighted by Crippen LogP contribution is -2.70. The molecule has 35 heavy (non-hydrogen) atoms. The normalized spacial score (nSPS) is 22.1. The maximum Gasteiger partial charge on any atom is 0.247 e. The summed E-state index contributed by atoms with van der Waals surface area (Å²) in [5.74, 6) is -0.369. The van der Waals surface area contributed by atoms with Crippen LogP contribution in [-0.4, -0.2) is 56.3 Å². The fraction of sp³-hybridized carbons (Fsp3) is 0.440. The van der Waals surface area contributed by atoms with E-state index in [0.29, 0.717) is 16.5 Å². The van der Waals surface area contributed by atoms with E-state index in [9.17, 15) is 18.0 Å². The van der Waals surface area contributed by atoms with Crippen LogP contribution in [0.5, 0.6) is 5.75 Å². The van der Waals surface area contributed by atoms with Crippen LogP contribution in [-0.2, 0) is 19.6 Å². The summed E-state index contributed by atoms with van der Waals surface area (Å²) in [6.07, 6.45) is 4.90. The molecule has 4 rings (SSSR count). The maximum absolute atomic E-state index is 13.7. The van der Waals surface area contributed by atoms with Gasteiger partial charge in [0.2, 0.25) is 21.8 Å². The molecule has 2 aromatic carbocycles. The number of anilines is 1. The third kappa shape index (κ3) is 5.17. The molecule has 0 unspecified atom stereocenters. The zero-order chi connectivity index (χ0) is 25.2. The van der Waals surface area contributed by atoms with Gasteiger partial charge in [0.1, 0.15) is 11.3 Å². The largest absolute Gasteiger partial charge is 0.497 e. The van der Waals surface area contributed by atoms with Crippen molar-refractivity contribution in [3.05, 3.63) is 53.6 Å². The molecule has 1 aliphatic carbocycles. The van der Waals surface area contributed by atoms with Gasteiger partial charge in [-0.2, -0.15) is 4.31 Å².